The molecule has 0 spiro atoms. The molecular weight excluding hydrogens is 472 g/mol. The number of aromatic nitrogens is 2. The molecule has 0 atom stereocenters. The maximum absolute atomic E-state index is 13.8. The second-order valence-corrected chi connectivity index (χ2v) is 10.1. The zero-order chi connectivity index (χ0) is 24.7. The smallest absolute Gasteiger partial charge is 0.353 e. The number of hydrogen-bond donors (Lipinski definition) is 0. The Kier molecular flexibility index (Phi) is 6.34. The Morgan fingerprint density at radius 1 is 0.912 bits per heavy atom. The standard InChI is InChI=1S/C23H22F4N4O2S/c1-15-4-3-5-17(14-15)19-20(16-6-8-18(24)9-7-16)28-22(23(25,26)27)29-21(19)30-10-12-31(13-11-30)34(2,32)33/h3-9,14H,10-13H2,1-2H3. The van der Waals surface area contributed by atoms with Crippen LogP contribution in [0.15, 0.2) is 48.5 Å². The predicted octanol–water partition coefficient (Wildman–Crippen LogP) is 4.36. The lowest BCUT2D eigenvalue weighted by atomic mass is 9.97. The van der Waals surface area contributed by atoms with Gasteiger partial charge in [0.15, 0.2) is 0 Å². The third kappa shape index (κ3) is 5.05. The Bertz CT molecular complexity index is 1300. The van der Waals surface area contributed by atoms with Gasteiger partial charge in [-0.3, -0.25) is 0 Å². The first-order valence-electron chi connectivity index (χ1n) is 10.5. The number of benzene rings is 2. The molecule has 0 amide bonds. The zero-order valence-corrected chi connectivity index (χ0v) is 19.3. The molecule has 1 aliphatic rings. The average Bonchev–Trinajstić information content (AvgIpc) is 2.77. The van der Waals surface area contributed by atoms with Gasteiger partial charge in [0.2, 0.25) is 15.8 Å². The second kappa shape index (κ2) is 8.95. The predicted molar refractivity (Wildman–Crippen MR) is 121 cm³/mol. The van der Waals surface area contributed by atoms with Gasteiger partial charge in [0.25, 0.3) is 0 Å². The molecule has 1 saturated heterocycles. The summed E-state index contributed by atoms with van der Waals surface area (Å²) in [6.07, 6.45) is -3.72. The van der Waals surface area contributed by atoms with Gasteiger partial charge in [0.05, 0.1) is 17.5 Å². The number of hydrogen-bond acceptors (Lipinski definition) is 5. The highest BCUT2D eigenvalue weighted by Crippen LogP contribution is 2.41. The van der Waals surface area contributed by atoms with E-state index in [9.17, 15) is 26.0 Å². The van der Waals surface area contributed by atoms with Crippen LogP contribution in [0.2, 0.25) is 0 Å². The molecule has 1 aromatic heterocycles. The van der Waals surface area contributed by atoms with Crippen LogP contribution < -0.4 is 4.90 Å². The SMILES string of the molecule is Cc1cccc(-c2c(-c3ccc(F)cc3)nc(C(F)(F)F)nc2N2CCN(S(C)(=O)=O)CC2)c1. The average molecular weight is 495 g/mol. The van der Waals surface area contributed by atoms with Gasteiger partial charge >= 0.3 is 6.18 Å². The first-order valence-corrected chi connectivity index (χ1v) is 12.3. The molecule has 2 aromatic carbocycles. The van der Waals surface area contributed by atoms with Crippen molar-refractivity contribution in [1.82, 2.24) is 14.3 Å². The van der Waals surface area contributed by atoms with Crippen molar-refractivity contribution < 1.29 is 26.0 Å². The van der Waals surface area contributed by atoms with E-state index in [1.54, 1.807) is 17.0 Å². The lowest BCUT2D eigenvalue weighted by Crippen LogP contribution is -2.48. The normalized spacial score (nSPS) is 15.5. The highest BCUT2D eigenvalue weighted by molar-refractivity contribution is 7.88. The number of sulfonamides is 1. The van der Waals surface area contributed by atoms with Crippen molar-refractivity contribution in [2.75, 3.05) is 37.3 Å². The Morgan fingerprint density at radius 3 is 2.12 bits per heavy atom. The lowest BCUT2D eigenvalue weighted by Gasteiger charge is -2.35. The molecule has 0 N–H and O–H groups in total. The Morgan fingerprint density at radius 2 is 1.56 bits per heavy atom. The fourth-order valence-corrected chi connectivity index (χ4v) is 4.75. The maximum Gasteiger partial charge on any atom is 0.451 e. The summed E-state index contributed by atoms with van der Waals surface area (Å²) < 4.78 is 80.1. The van der Waals surface area contributed by atoms with E-state index in [1.807, 2.05) is 19.1 Å². The molecule has 34 heavy (non-hydrogen) atoms. The van der Waals surface area contributed by atoms with Crippen LogP contribution in [0.4, 0.5) is 23.4 Å². The molecular formula is C23H22F4N4O2S. The third-order valence-corrected chi connectivity index (χ3v) is 6.88. The van der Waals surface area contributed by atoms with E-state index < -0.39 is 27.8 Å². The summed E-state index contributed by atoms with van der Waals surface area (Å²) in [7, 11) is -3.43. The summed E-state index contributed by atoms with van der Waals surface area (Å²) in [5.41, 5.74) is 2.19. The first-order chi connectivity index (χ1) is 15.9. The van der Waals surface area contributed by atoms with Crippen LogP contribution in [0, 0.1) is 12.7 Å². The van der Waals surface area contributed by atoms with Crippen molar-refractivity contribution in [2.45, 2.75) is 13.1 Å². The molecule has 180 valence electrons. The number of rotatable bonds is 4. The molecule has 4 rings (SSSR count). The van der Waals surface area contributed by atoms with Crippen LogP contribution in [0.25, 0.3) is 22.4 Å². The van der Waals surface area contributed by atoms with Crippen LogP contribution in [0.5, 0.6) is 0 Å². The summed E-state index contributed by atoms with van der Waals surface area (Å²) in [6, 6.07) is 12.3. The van der Waals surface area contributed by atoms with Crippen molar-refractivity contribution in [2.24, 2.45) is 0 Å². The second-order valence-electron chi connectivity index (χ2n) is 8.12. The van der Waals surface area contributed by atoms with E-state index in [2.05, 4.69) is 9.97 Å². The molecule has 0 bridgehead atoms. The molecule has 2 heterocycles. The van der Waals surface area contributed by atoms with Gasteiger partial charge in [-0.1, -0.05) is 29.8 Å². The van der Waals surface area contributed by atoms with Gasteiger partial charge in [0, 0.05) is 31.7 Å². The van der Waals surface area contributed by atoms with Crippen molar-refractivity contribution in [1.29, 1.82) is 0 Å². The quantitative estimate of drug-likeness (QED) is 0.505. The molecule has 1 fully saturated rings. The minimum Gasteiger partial charge on any atom is -0.353 e. The fourth-order valence-electron chi connectivity index (χ4n) is 3.92. The minimum absolute atomic E-state index is 0.0217. The summed E-state index contributed by atoms with van der Waals surface area (Å²) >= 11 is 0. The monoisotopic (exact) mass is 494 g/mol. The minimum atomic E-state index is -4.82. The van der Waals surface area contributed by atoms with Gasteiger partial charge in [-0.25, -0.2) is 22.8 Å². The van der Waals surface area contributed by atoms with E-state index in [1.165, 1.54) is 16.4 Å². The van der Waals surface area contributed by atoms with E-state index in [-0.39, 0.29) is 37.7 Å². The summed E-state index contributed by atoms with van der Waals surface area (Å²) in [4.78, 5) is 9.42. The fraction of sp³-hybridized carbons (Fsp3) is 0.304. The highest BCUT2D eigenvalue weighted by atomic mass is 32.2. The van der Waals surface area contributed by atoms with Gasteiger partial charge < -0.3 is 4.90 Å². The molecule has 1 aliphatic heterocycles. The molecule has 0 saturated carbocycles. The van der Waals surface area contributed by atoms with Crippen molar-refractivity contribution in [3.63, 3.8) is 0 Å². The topological polar surface area (TPSA) is 66.4 Å². The molecule has 6 nitrogen and oxygen atoms in total. The van der Waals surface area contributed by atoms with Crippen LogP contribution in [0.3, 0.4) is 0 Å². The number of halogens is 4. The van der Waals surface area contributed by atoms with E-state index in [0.717, 1.165) is 24.0 Å². The first kappa shape index (κ1) is 24.1. The van der Waals surface area contributed by atoms with Gasteiger partial charge in [-0.05, 0) is 36.8 Å². The molecule has 0 radical (unpaired) electrons. The van der Waals surface area contributed by atoms with Crippen molar-refractivity contribution in [3.05, 3.63) is 65.7 Å². The lowest BCUT2D eigenvalue weighted by molar-refractivity contribution is -0.144. The Balaban J connectivity index is 1.95. The maximum atomic E-state index is 13.8. The Labute approximate surface area is 194 Å². The van der Waals surface area contributed by atoms with E-state index in [4.69, 9.17) is 0 Å². The molecule has 0 unspecified atom stereocenters. The van der Waals surface area contributed by atoms with E-state index >= 15 is 0 Å². The van der Waals surface area contributed by atoms with Crippen LogP contribution >= 0.6 is 0 Å². The number of nitrogens with zero attached hydrogens (tertiary/aromatic N) is 4. The van der Waals surface area contributed by atoms with Gasteiger partial charge in [-0.15, -0.1) is 0 Å². The molecule has 11 heteroatoms. The van der Waals surface area contributed by atoms with Crippen molar-refractivity contribution >= 4 is 15.8 Å². The Hall–Kier alpha value is -3.05. The van der Waals surface area contributed by atoms with Crippen LogP contribution in [0.1, 0.15) is 11.4 Å². The number of aryl methyl sites for hydroxylation is 1. The zero-order valence-electron chi connectivity index (χ0n) is 18.5. The summed E-state index contributed by atoms with van der Waals surface area (Å²) in [5, 5.41) is 0. The largest absolute Gasteiger partial charge is 0.451 e. The van der Waals surface area contributed by atoms with Crippen molar-refractivity contribution in [3.8, 4) is 22.4 Å². The highest BCUT2D eigenvalue weighted by Gasteiger charge is 2.38. The molecule has 0 aliphatic carbocycles. The van der Waals surface area contributed by atoms with Crippen LogP contribution in [-0.2, 0) is 16.2 Å². The molecule has 3 aromatic rings. The number of piperazine rings is 1. The third-order valence-electron chi connectivity index (χ3n) is 5.58. The number of anilines is 1. The van der Waals surface area contributed by atoms with E-state index in [0.29, 0.717) is 16.7 Å². The number of alkyl halides is 3. The van der Waals surface area contributed by atoms with Gasteiger partial charge in [0.1, 0.15) is 11.6 Å². The van der Waals surface area contributed by atoms with Crippen LogP contribution in [-0.4, -0.2) is 55.1 Å². The van der Waals surface area contributed by atoms with Gasteiger partial charge in [-0.2, -0.15) is 17.5 Å². The summed E-state index contributed by atoms with van der Waals surface area (Å²) in [6.45, 7) is 2.40. The summed E-state index contributed by atoms with van der Waals surface area (Å²) in [5.74, 6) is -1.78.